The van der Waals surface area contributed by atoms with E-state index in [0.29, 0.717) is 62.0 Å². The van der Waals surface area contributed by atoms with Crippen molar-refractivity contribution >= 4 is 74.6 Å². The van der Waals surface area contributed by atoms with Crippen molar-refractivity contribution in [3.8, 4) is 0 Å². The third-order valence-corrected chi connectivity index (χ3v) is 14.3. The van der Waals surface area contributed by atoms with Crippen molar-refractivity contribution in [1.82, 2.24) is 0 Å². The number of hydrogen-bond donors (Lipinski definition) is 0. The number of benzene rings is 2. The lowest BCUT2D eigenvalue weighted by Crippen LogP contribution is -2.41. The molecule has 0 radical (unpaired) electrons. The highest BCUT2D eigenvalue weighted by Crippen LogP contribution is 2.39. The molecule has 4 aromatic rings. The Morgan fingerprint density at radius 2 is 1.01 bits per heavy atom. The molecule has 14 nitrogen and oxygen atoms in total. The molecule has 3 aliphatic heterocycles. The lowest BCUT2D eigenvalue weighted by molar-refractivity contribution is -0.145. The number of halogens is 1. The van der Waals surface area contributed by atoms with E-state index in [-0.39, 0.29) is 74.0 Å². The zero-order valence-electron chi connectivity index (χ0n) is 45.8. The molecule has 0 aliphatic carbocycles. The summed E-state index contributed by atoms with van der Waals surface area (Å²) >= 11 is 3.45. The van der Waals surface area contributed by atoms with Gasteiger partial charge in [-0.25, -0.2) is 0 Å². The molecule has 0 amide bonds. The molecule has 422 valence electrons. The van der Waals surface area contributed by atoms with Gasteiger partial charge in [0.15, 0.2) is 34.7 Å². The number of hydrogen-bond acceptors (Lipinski definition) is 14. The fourth-order valence-electron chi connectivity index (χ4n) is 8.89. The molecule has 16 heteroatoms. The molecule has 3 saturated heterocycles. The number of furan rings is 2. The summed E-state index contributed by atoms with van der Waals surface area (Å²) in [4.78, 5) is 47.6. The Balaban J connectivity index is 0.000000310. The molecule has 2 aromatic heterocycles. The minimum Gasteiger partial charge on any atom is -0.469 e. The van der Waals surface area contributed by atoms with Crippen LogP contribution in [0.15, 0.2) is 80.0 Å². The number of rotatable bonds is 22. The van der Waals surface area contributed by atoms with Gasteiger partial charge in [0.2, 0.25) is 0 Å². The Labute approximate surface area is 461 Å². The summed E-state index contributed by atoms with van der Waals surface area (Å²) < 4.78 is 57.8. The van der Waals surface area contributed by atoms with Crippen molar-refractivity contribution in [2.45, 2.75) is 221 Å². The minimum absolute atomic E-state index is 0. The molecule has 5 heterocycles. The van der Waals surface area contributed by atoms with Crippen LogP contribution in [-0.4, -0.2) is 92.0 Å². The maximum absolute atomic E-state index is 12.9. The van der Waals surface area contributed by atoms with Crippen molar-refractivity contribution in [2.75, 3.05) is 14.2 Å². The van der Waals surface area contributed by atoms with Gasteiger partial charge in [0, 0.05) is 42.0 Å². The highest BCUT2D eigenvalue weighted by atomic mass is 79.9. The van der Waals surface area contributed by atoms with Crippen LogP contribution < -0.4 is 0 Å². The van der Waals surface area contributed by atoms with Crippen LogP contribution in [0.3, 0.4) is 0 Å². The molecule has 0 spiro atoms. The van der Waals surface area contributed by atoms with Gasteiger partial charge in [-0.1, -0.05) is 109 Å². The van der Waals surface area contributed by atoms with Gasteiger partial charge < -0.3 is 46.6 Å². The normalized spacial score (nSPS) is 20.9. The molecule has 7 rings (SSSR count). The van der Waals surface area contributed by atoms with Crippen LogP contribution in [0.4, 0.5) is 0 Å². The van der Waals surface area contributed by atoms with Crippen molar-refractivity contribution in [2.24, 2.45) is 0 Å². The molecular weight excluding hydrogens is 1040 g/mol. The molecule has 4 atom stereocenters. The van der Waals surface area contributed by atoms with Crippen molar-refractivity contribution in [3.05, 3.63) is 88.2 Å². The monoisotopic (exact) mass is 1120 g/mol. The van der Waals surface area contributed by atoms with Crippen LogP contribution in [0.1, 0.15) is 201 Å². The number of Topliss-reactive ketones (excluding diaryl/α,β-unsaturated/α-hetero) is 2. The van der Waals surface area contributed by atoms with Crippen LogP contribution in [0.25, 0.3) is 28.0 Å². The zero-order valence-corrected chi connectivity index (χ0v) is 47.4. The van der Waals surface area contributed by atoms with E-state index < -0.39 is 18.7 Å². The predicted octanol–water partition coefficient (Wildman–Crippen LogP) is 15.3. The first-order valence-electron chi connectivity index (χ1n) is 26.4. The Morgan fingerprint density at radius 3 is 1.49 bits per heavy atom. The maximum atomic E-state index is 12.9. The number of fused-ring (bicyclic) bond motifs is 2. The largest absolute Gasteiger partial charge is 0.486 e. The van der Waals surface area contributed by atoms with E-state index in [9.17, 15) is 19.2 Å². The zero-order chi connectivity index (χ0) is 54.3. The molecule has 2 aromatic carbocycles. The van der Waals surface area contributed by atoms with E-state index >= 15 is 0 Å². The van der Waals surface area contributed by atoms with Gasteiger partial charge in [0.1, 0.15) is 23.4 Å². The summed E-state index contributed by atoms with van der Waals surface area (Å²) in [5.74, 6) is 1.05. The third kappa shape index (κ3) is 18.6. The van der Waals surface area contributed by atoms with Crippen LogP contribution >= 0.6 is 15.9 Å². The summed E-state index contributed by atoms with van der Waals surface area (Å²) in [6.07, 6.45) is 15.6. The third-order valence-electron chi connectivity index (χ3n) is 13.5. The molecule has 0 saturated carbocycles. The Bertz CT molecular complexity index is 2520. The van der Waals surface area contributed by atoms with Crippen LogP contribution in [0.2, 0.25) is 0 Å². The fourth-order valence-corrected chi connectivity index (χ4v) is 9.52. The number of carbonyl (C=O) groups is 4. The van der Waals surface area contributed by atoms with E-state index in [1.165, 1.54) is 14.2 Å². The van der Waals surface area contributed by atoms with Gasteiger partial charge in [-0.05, 0) is 128 Å². The SMILES string of the molecule is C.C.CCCCCC(=O)c1oc2ccccc2c1/C=C/[C@H]1OC(C)(C)O[C@H]1CCCC(=O)OC.CCCCCC(=O)c1oc2ccccc2c1Br.COC(=O)CCC[C@@H]1OC(C)(C)O[C@@H]1/C=C/B1OC(C)(C)C(C)(C)O1. The van der Waals surface area contributed by atoms with Gasteiger partial charge in [-0.3, -0.25) is 19.2 Å². The Hall–Kier alpha value is -4.42. The number of ether oxygens (including phenoxy) is 6. The summed E-state index contributed by atoms with van der Waals surface area (Å²) in [6, 6.07) is 15.4. The Morgan fingerprint density at radius 1 is 0.579 bits per heavy atom. The summed E-state index contributed by atoms with van der Waals surface area (Å²) in [5.41, 5.74) is 1.51. The second-order valence-corrected chi connectivity index (χ2v) is 21.7. The van der Waals surface area contributed by atoms with Crippen molar-refractivity contribution in [1.29, 1.82) is 0 Å². The molecule has 3 aliphatic rings. The van der Waals surface area contributed by atoms with Gasteiger partial charge >= 0.3 is 19.1 Å². The smallest absolute Gasteiger partial charge is 0.469 e. The second kappa shape index (κ2) is 30.1. The topological polar surface area (TPSA) is 168 Å². The van der Waals surface area contributed by atoms with Gasteiger partial charge in [-0.2, -0.15) is 0 Å². The number of esters is 2. The maximum Gasteiger partial charge on any atom is 0.486 e. The number of unbranched alkanes of at least 4 members (excludes halogenated alkanes) is 4. The molecule has 0 N–H and O–H groups in total. The van der Waals surface area contributed by atoms with E-state index in [0.717, 1.165) is 71.3 Å². The number of methoxy groups -OCH3 is 2. The first-order chi connectivity index (χ1) is 35.0. The first kappa shape index (κ1) is 65.9. The quantitative estimate of drug-likeness (QED) is 0.0315. The highest BCUT2D eigenvalue weighted by molar-refractivity contribution is 9.10. The number of para-hydroxylation sites is 2. The van der Waals surface area contributed by atoms with Crippen molar-refractivity contribution in [3.63, 3.8) is 0 Å². The van der Waals surface area contributed by atoms with Gasteiger partial charge in [-0.15, -0.1) is 0 Å². The van der Waals surface area contributed by atoms with Crippen LogP contribution in [-0.2, 0) is 47.3 Å². The lowest BCUT2D eigenvalue weighted by atomic mass is 9.88. The van der Waals surface area contributed by atoms with E-state index in [1.807, 2.05) is 128 Å². The van der Waals surface area contributed by atoms with E-state index in [4.69, 9.17) is 41.8 Å². The number of carbonyl (C=O) groups excluding carboxylic acids is 4. The first-order valence-corrected chi connectivity index (χ1v) is 27.2. The molecule has 76 heavy (non-hydrogen) atoms. The molecule has 0 bridgehead atoms. The van der Waals surface area contributed by atoms with Gasteiger partial charge in [0.05, 0.1) is 42.1 Å². The second-order valence-electron chi connectivity index (χ2n) is 20.9. The minimum atomic E-state index is -0.720. The summed E-state index contributed by atoms with van der Waals surface area (Å²) in [6.45, 7) is 19.9. The molecule has 3 fully saturated rings. The van der Waals surface area contributed by atoms with Crippen molar-refractivity contribution < 1.29 is 65.7 Å². The van der Waals surface area contributed by atoms with E-state index in [2.05, 4.69) is 34.5 Å². The van der Waals surface area contributed by atoms with Crippen LogP contribution in [0, 0.1) is 0 Å². The molecular formula is C60H88BBrO14. The number of ketones is 2. The average Bonchev–Trinajstić information content (AvgIpc) is 4.12. The fraction of sp³-hybridized carbons (Fsp3) is 0.600. The molecule has 0 unspecified atom stereocenters. The lowest BCUT2D eigenvalue weighted by Gasteiger charge is -2.32. The highest BCUT2D eigenvalue weighted by Gasteiger charge is 2.50. The van der Waals surface area contributed by atoms with Gasteiger partial charge in [0.25, 0.3) is 0 Å². The summed E-state index contributed by atoms with van der Waals surface area (Å²) in [5, 5.41) is 1.87. The Kier molecular flexibility index (Phi) is 26.1. The predicted molar refractivity (Wildman–Crippen MR) is 304 cm³/mol. The standard InChI is InChI=1S/C26H34O6.C18H31BO6.C14H15BrO2.2CH4/c1-5-6-7-12-20(27)25-19(18-11-8-9-13-21(18)30-25)16-17-23-22(31-26(2,3)32-23)14-10-15-24(28)29-4;1-16(2)17(3,4)25-19(24-16)12-11-14-13(22-18(5,6)23-14)9-8-10-15(20)21-7;1-2-3-4-8-11(16)14-13(15)10-7-5-6-9-12(10)17-14;;/h8-9,11,13,16-17,22-23H,5-7,10,12,14-15H2,1-4H3;11-14H,8-10H2,1-7H3;5-7,9H,2-4,8H2,1H3;2*1H4/b17-16+;12-11+;;;/t22-,23+;13-,14+;;;/m00.../s1. The van der Waals surface area contributed by atoms with Crippen LogP contribution in [0.5, 0.6) is 0 Å². The average molecular weight is 1120 g/mol. The summed E-state index contributed by atoms with van der Waals surface area (Å²) in [7, 11) is 2.38. The van der Waals surface area contributed by atoms with E-state index in [1.54, 1.807) is 0 Å².